The van der Waals surface area contributed by atoms with Crippen LogP contribution in [0.5, 0.6) is 0 Å². The van der Waals surface area contributed by atoms with Crippen molar-refractivity contribution in [2.45, 2.75) is 0 Å². The minimum atomic E-state index is -0.979. The Morgan fingerprint density at radius 1 is 1.40 bits per heavy atom. The van der Waals surface area contributed by atoms with E-state index in [1.165, 1.54) is 22.7 Å². The summed E-state index contributed by atoms with van der Waals surface area (Å²) >= 11 is 0. The number of pyridine rings is 1. The number of anilines is 1. The Morgan fingerprint density at radius 2 is 2.05 bits per heavy atom. The highest BCUT2D eigenvalue weighted by Crippen LogP contribution is 2.27. The van der Waals surface area contributed by atoms with Crippen LogP contribution in [0.2, 0.25) is 0 Å². The number of nitrogens with two attached hydrogens (primary N) is 1. The van der Waals surface area contributed by atoms with Gasteiger partial charge in [-0.3, -0.25) is 4.79 Å². The van der Waals surface area contributed by atoms with Crippen molar-refractivity contribution in [2.24, 2.45) is 12.8 Å². The molecule has 2 N–H and O–H groups in total. The van der Waals surface area contributed by atoms with Crippen molar-refractivity contribution in [3.63, 3.8) is 0 Å². The summed E-state index contributed by atoms with van der Waals surface area (Å²) < 4.78 is 29.3. The summed E-state index contributed by atoms with van der Waals surface area (Å²) in [6.07, 6.45) is 1.18. The first kappa shape index (κ1) is 13.9. The highest BCUT2D eigenvalue weighted by Gasteiger charge is 2.21. The maximum absolute atomic E-state index is 14.1. The summed E-state index contributed by atoms with van der Waals surface area (Å²) in [6.45, 7) is 0. The lowest BCUT2D eigenvalue weighted by Crippen LogP contribution is -2.17. The first-order chi connectivity index (χ1) is 9.32. The number of aromatic nitrogens is 3. The molecule has 0 bridgehead atoms. The largest absolute Gasteiger partial charge is 0.363 e. The monoisotopic (exact) mass is 281 g/mol. The van der Waals surface area contributed by atoms with Crippen LogP contribution < -0.4 is 10.6 Å². The smallest absolute Gasteiger partial charge is 0.284 e. The van der Waals surface area contributed by atoms with Crippen molar-refractivity contribution in [3.05, 3.63) is 29.9 Å². The molecule has 106 valence electrons. The standard InChI is InChI=1S/C12H13F2N5O/c1-18(2)8-4-6(13)9(10(14)17-8)7-5-16-12(11(15)20)19(7)3/h4-5H,1-3H3,(H2,15,20). The van der Waals surface area contributed by atoms with Gasteiger partial charge in [0, 0.05) is 27.2 Å². The fraction of sp³-hybridized carbons (Fsp3) is 0.250. The summed E-state index contributed by atoms with van der Waals surface area (Å²) in [5.41, 5.74) is 4.85. The predicted molar refractivity (Wildman–Crippen MR) is 69.2 cm³/mol. The van der Waals surface area contributed by atoms with E-state index in [-0.39, 0.29) is 22.9 Å². The molecule has 0 aliphatic rings. The first-order valence-corrected chi connectivity index (χ1v) is 5.68. The molecule has 2 aromatic rings. The predicted octanol–water partition coefficient (Wildman–Crippen LogP) is 0.925. The van der Waals surface area contributed by atoms with E-state index >= 15 is 0 Å². The van der Waals surface area contributed by atoms with Crippen molar-refractivity contribution < 1.29 is 13.6 Å². The fourth-order valence-electron chi connectivity index (χ4n) is 1.80. The number of nitrogens with zero attached hydrogens (tertiary/aromatic N) is 4. The molecule has 0 spiro atoms. The summed E-state index contributed by atoms with van der Waals surface area (Å²) in [5, 5.41) is 0. The molecule has 0 aromatic carbocycles. The lowest BCUT2D eigenvalue weighted by molar-refractivity contribution is 0.0987. The molecule has 6 nitrogen and oxygen atoms in total. The van der Waals surface area contributed by atoms with Gasteiger partial charge in [0.2, 0.25) is 5.95 Å². The quantitative estimate of drug-likeness (QED) is 0.849. The molecule has 0 radical (unpaired) electrons. The number of hydrogen-bond acceptors (Lipinski definition) is 4. The van der Waals surface area contributed by atoms with Gasteiger partial charge in [-0.25, -0.2) is 14.4 Å². The van der Waals surface area contributed by atoms with Crippen molar-refractivity contribution in [1.82, 2.24) is 14.5 Å². The summed E-state index contributed by atoms with van der Waals surface area (Å²) in [7, 11) is 4.69. The molecule has 20 heavy (non-hydrogen) atoms. The maximum Gasteiger partial charge on any atom is 0.284 e. The van der Waals surface area contributed by atoms with E-state index in [1.54, 1.807) is 14.1 Å². The van der Waals surface area contributed by atoms with Crippen LogP contribution in [-0.2, 0) is 7.05 Å². The Hall–Kier alpha value is -2.51. The van der Waals surface area contributed by atoms with Gasteiger partial charge in [-0.15, -0.1) is 0 Å². The third-order valence-electron chi connectivity index (χ3n) is 2.84. The highest BCUT2D eigenvalue weighted by atomic mass is 19.1. The van der Waals surface area contributed by atoms with Crippen molar-refractivity contribution in [3.8, 4) is 11.3 Å². The third kappa shape index (κ3) is 2.20. The van der Waals surface area contributed by atoms with Gasteiger partial charge in [-0.05, 0) is 0 Å². The van der Waals surface area contributed by atoms with Crippen LogP contribution in [0.1, 0.15) is 10.6 Å². The highest BCUT2D eigenvalue weighted by molar-refractivity contribution is 5.90. The van der Waals surface area contributed by atoms with Gasteiger partial charge in [0.1, 0.15) is 11.6 Å². The molecule has 0 atom stereocenters. The van der Waals surface area contributed by atoms with Crippen LogP contribution in [0.25, 0.3) is 11.3 Å². The Kier molecular flexibility index (Phi) is 3.39. The normalized spacial score (nSPS) is 10.7. The molecule has 0 saturated carbocycles. The summed E-state index contributed by atoms with van der Waals surface area (Å²) in [4.78, 5) is 20.0. The Morgan fingerprint density at radius 3 is 2.50 bits per heavy atom. The number of hydrogen-bond donors (Lipinski definition) is 1. The van der Waals surface area contributed by atoms with Crippen LogP contribution in [0.4, 0.5) is 14.6 Å². The van der Waals surface area contributed by atoms with E-state index in [1.807, 2.05) is 0 Å². The zero-order chi connectivity index (χ0) is 15.0. The fourth-order valence-corrected chi connectivity index (χ4v) is 1.80. The van der Waals surface area contributed by atoms with Crippen LogP contribution >= 0.6 is 0 Å². The van der Waals surface area contributed by atoms with Crippen LogP contribution in [-0.4, -0.2) is 34.5 Å². The van der Waals surface area contributed by atoms with E-state index in [2.05, 4.69) is 9.97 Å². The van der Waals surface area contributed by atoms with Gasteiger partial charge < -0.3 is 15.2 Å². The first-order valence-electron chi connectivity index (χ1n) is 5.68. The lowest BCUT2D eigenvalue weighted by atomic mass is 10.2. The molecular weight excluding hydrogens is 268 g/mol. The van der Waals surface area contributed by atoms with E-state index in [0.29, 0.717) is 0 Å². The summed E-state index contributed by atoms with van der Waals surface area (Å²) in [6, 6.07) is 1.11. The van der Waals surface area contributed by atoms with Gasteiger partial charge in [-0.1, -0.05) is 0 Å². The van der Waals surface area contributed by atoms with Crippen LogP contribution in [0.15, 0.2) is 12.3 Å². The van der Waals surface area contributed by atoms with E-state index in [9.17, 15) is 13.6 Å². The number of carbonyl (C=O) groups excluding carboxylic acids is 1. The molecule has 8 heteroatoms. The Balaban J connectivity index is 2.62. The topological polar surface area (TPSA) is 77.0 Å². The minimum absolute atomic E-state index is 0.0875. The molecule has 1 amide bonds. The van der Waals surface area contributed by atoms with Gasteiger partial charge in [-0.2, -0.15) is 4.39 Å². The molecule has 0 aliphatic heterocycles. The number of primary amides is 1. The zero-order valence-electron chi connectivity index (χ0n) is 11.2. The molecule has 0 saturated heterocycles. The lowest BCUT2D eigenvalue weighted by Gasteiger charge is -2.13. The number of carbonyl (C=O) groups is 1. The van der Waals surface area contributed by atoms with Gasteiger partial charge in [0.25, 0.3) is 5.91 Å². The second-order valence-electron chi connectivity index (χ2n) is 4.41. The minimum Gasteiger partial charge on any atom is -0.363 e. The van der Waals surface area contributed by atoms with E-state index in [0.717, 1.165) is 6.07 Å². The maximum atomic E-state index is 14.1. The molecule has 0 unspecified atom stereocenters. The third-order valence-corrected chi connectivity index (χ3v) is 2.84. The Labute approximate surface area is 113 Å². The van der Waals surface area contributed by atoms with Crippen LogP contribution in [0.3, 0.4) is 0 Å². The van der Waals surface area contributed by atoms with Crippen LogP contribution in [0, 0.1) is 11.8 Å². The zero-order valence-corrected chi connectivity index (χ0v) is 11.2. The molecular formula is C12H13F2N5O. The Bertz CT molecular complexity index is 657. The number of amides is 1. The van der Waals surface area contributed by atoms with Gasteiger partial charge in [0.15, 0.2) is 5.82 Å². The molecule has 2 heterocycles. The van der Waals surface area contributed by atoms with E-state index in [4.69, 9.17) is 5.73 Å². The second-order valence-corrected chi connectivity index (χ2v) is 4.41. The number of halogens is 2. The summed E-state index contributed by atoms with van der Waals surface area (Å²) in [5.74, 6) is -2.48. The van der Waals surface area contributed by atoms with Crippen molar-refractivity contribution >= 4 is 11.7 Å². The van der Waals surface area contributed by atoms with Crippen molar-refractivity contribution in [2.75, 3.05) is 19.0 Å². The second kappa shape index (κ2) is 4.87. The SMILES string of the molecule is CN(C)c1cc(F)c(-c2cnc(C(N)=O)n2C)c(F)n1. The molecule has 0 aliphatic carbocycles. The average molecular weight is 281 g/mol. The van der Waals surface area contributed by atoms with Gasteiger partial charge >= 0.3 is 0 Å². The number of imidazole rings is 1. The van der Waals surface area contributed by atoms with E-state index < -0.39 is 17.7 Å². The van der Waals surface area contributed by atoms with Crippen molar-refractivity contribution in [1.29, 1.82) is 0 Å². The average Bonchev–Trinajstić information content (AvgIpc) is 2.70. The number of rotatable bonds is 3. The van der Waals surface area contributed by atoms with Gasteiger partial charge in [0.05, 0.1) is 17.5 Å². The molecule has 0 fully saturated rings. The molecule has 2 aromatic heterocycles. The molecule has 2 rings (SSSR count).